The molecule has 55 heavy (non-hydrogen) atoms. The van der Waals surface area contributed by atoms with Crippen molar-refractivity contribution >= 4 is 35.3 Å². The van der Waals surface area contributed by atoms with Gasteiger partial charge < -0.3 is 39.6 Å². The predicted octanol–water partition coefficient (Wildman–Crippen LogP) is 2.21. The molecule has 3 aliphatic rings. The third kappa shape index (κ3) is 15.0. The van der Waals surface area contributed by atoms with Gasteiger partial charge in [0.15, 0.2) is 0 Å². The van der Waals surface area contributed by atoms with Crippen LogP contribution in [0.3, 0.4) is 0 Å². The van der Waals surface area contributed by atoms with Gasteiger partial charge in [-0.2, -0.15) is 0 Å². The third-order valence-electron chi connectivity index (χ3n) is 10.8. The average molecular weight is 780 g/mol. The summed E-state index contributed by atoms with van der Waals surface area (Å²) in [7, 11) is 1.65. The number of carbonyl (C=O) groups is 6. The van der Waals surface area contributed by atoms with Gasteiger partial charge in [0.25, 0.3) is 0 Å². The van der Waals surface area contributed by atoms with E-state index in [-0.39, 0.29) is 80.0 Å². The van der Waals surface area contributed by atoms with E-state index in [4.69, 9.17) is 29.5 Å². The standard InChI is InChI=1S/C39H65N5O11/c1-25(2)13-14-32-38(5,55-32)36-35(51-6)31(15-16-39(36)24-53-39)54-34(49)18-27(26(3)4)23-52-37(50)42-17-11-9-7-8-10-12-28(45)19-41-20-29(46)30(47)21-43-33(48)22-44-40/h13,26-27,31-32,35-36,41,44H,7-12,14-24,40H2,1-6H3,(H,42,50)(H,43,48)/t27-,31?,32+,35?,36?,38?,39-/m0/s1. The Hall–Kier alpha value is -3.28. The molecular weight excluding hydrogens is 714 g/mol. The van der Waals surface area contributed by atoms with E-state index in [2.05, 4.69) is 48.2 Å². The number of nitrogens with one attached hydrogen (secondary N) is 4. The third-order valence-corrected chi connectivity index (χ3v) is 10.8. The number of allylic oxidation sites excluding steroid dienone is 1. The van der Waals surface area contributed by atoms with Crippen molar-refractivity contribution in [3.63, 3.8) is 0 Å². The number of alkyl carbamates (subject to hydrolysis) is 1. The van der Waals surface area contributed by atoms with Gasteiger partial charge in [0, 0.05) is 26.0 Å². The summed E-state index contributed by atoms with van der Waals surface area (Å²) >= 11 is 0. The molecular formula is C39H65N5O11. The first-order chi connectivity index (χ1) is 26.1. The van der Waals surface area contributed by atoms with Gasteiger partial charge in [0.1, 0.15) is 29.2 Å². The molecule has 16 nitrogen and oxygen atoms in total. The molecule has 0 aromatic heterocycles. The number of hydrogen-bond donors (Lipinski definition) is 5. The topological polar surface area (TPSA) is 229 Å². The van der Waals surface area contributed by atoms with Crippen LogP contribution in [0.15, 0.2) is 11.6 Å². The number of ketones is 3. The molecule has 0 radical (unpaired) electrons. The number of esters is 1. The smallest absolute Gasteiger partial charge is 0.407 e. The van der Waals surface area contributed by atoms with Crippen LogP contribution in [0.5, 0.6) is 0 Å². The van der Waals surface area contributed by atoms with E-state index in [1.165, 1.54) is 5.57 Å². The molecule has 0 aromatic carbocycles. The van der Waals surface area contributed by atoms with Crippen LogP contribution in [-0.4, -0.2) is 118 Å². The van der Waals surface area contributed by atoms with Crippen molar-refractivity contribution in [1.29, 1.82) is 0 Å². The Bertz CT molecular complexity index is 1350. The maximum atomic E-state index is 13.3. The largest absolute Gasteiger partial charge is 0.460 e. The Balaban J connectivity index is 1.26. The fourth-order valence-corrected chi connectivity index (χ4v) is 7.33. The van der Waals surface area contributed by atoms with Gasteiger partial charge in [-0.05, 0) is 58.8 Å². The van der Waals surface area contributed by atoms with E-state index in [0.29, 0.717) is 32.4 Å². The highest BCUT2D eigenvalue weighted by molar-refractivity contribution is 6.39. The predicted molar refractivity (Wildman–Crippen MR) is 202 cm³/mol. The van der Waals surface area contributed by atoms with Crippen LogP contribution in [-0.2, 0) is 47.7 Å². The zero-order valence-corrected chi connectivity index (χ0v) is 33.6. The second kappa shape index (κ2) is 22.5. The molecule has 4 unspecified atom stereocenters. The molecule has 2 saturated heterocycles. The second-order valence-corrected chi connectivity index (χ2v) is 15.8. The highest BCUT2D eigenvalue weighted by atomic mass is 16.6. The molecule has 7 atom stereocenters. The van der Waals surface area contributed by atoms with Gasteiger partial charge in [0.2, 0.25) is 17.5 Å². The summed E-state index contributed by atoms with van der Waals surface area (Å²) in [5.41, 5.74) is 2.66. The number of rotatable bonds is 27. The molecule has 1 aliphatic carbocycles. The van der Waals surface area contributed by atoms with Gasteiger partial charge in [0.05, 0.1) is 57.8 Å². The summed E-state index contributed by atoms with van der Waals surface area (Å²) in [5, 5.41) is 7.72. The molecule has 0 bridgehead atoms. The lowest BCUT2D eigenvalue weighted by atomic mass is 9.68. The summed E-state index contributed by atoms with van der Waals surface area (Å²) in [5.74, 6) is 2.42. The number of hydrazine groups is 1. The van der Waals surface area contributed by atoms with E-state index in [0.717, 1.165) is 38.5 Å². The number of hydrogen-bond acceptors (Lipinski definition) is 14. The summed E-state index contributed by atoms with van der Waals surface area (Å²) < 4.78 is 29.9. The normalized spacial score (nSPS) is 25.8. The van der Waals surface area contributed by atoms with Crippen molar-refractivity contribution < 1.29 is 52.5 Å². The molecule has 2 aliphatic heterocycles. The average Bonchev–Trinajstić information content (AvgIpc) is 4.05. The van der Waals surface area contributed by atoms with Crippen molar-refractivity contribution in [2.45, 2.75) is 128 Å². The summed E-state index contributed by atoms with van der Waals surface area (Å²) in [6.45, 7) is 10.5. The first-order valence-corrected chi connectivity index (χ1v) is 19.7. The number of Topliss-reactive ketones (excluding diaryl/α,β-unsaturated/α-hetero) is 3. The van der Waals surface area contributed by atoms with Crippen molar-refractivity contribution in [1.82, 2.24) is 21.4 Å². The van der Waals surface area contributed by atoms with Crippen molar-refractivity contribution in [3.8, 4) is 0 Å². The molecule has 3 rings (SSSR count). The van der Waals surface area contributed by atoms with Crippen molar-refractivity contribution in [2.24, 2.45) is 23.6 Å². The minimum Gasteiger partial charge on any atom is -0.460 e. The van der Waals surface area contributed by atoms with Crippen LogP contribution < -0.4 is 27.2 Å². The van der Waals surface area contributed by atoms with Crippen LogP contribution in [0.2, 0.25) is 0 Å². The molecule has 1 saturated carbocycles. The Kier molecular flexibility index (Phi) is 18.8. The first-order valence-electron chi connectivity index (χ1n) is 19.7. The highest BCUT2D eigenvalue weighted by Gasteiger charge is 2.72. The number of ether oxygens (including phenoxy) is 5. The molecule has 3 fully saturated rings. The molecule has 0 aromatic rings. The Morgan fingerprint density at radius 1 is 0.945 bits per heavy atom. The minimum atomic E-state index is -0.763. The molecule has 2 amide bonds. The number of epoxide rings is 2. The number of unbranched alkanes of at least 4 members (excludes halogenated alkanes) is 4. The number of nitrogens with two attached hydrogens (primary N) is 1. The maximum absolute atomic E-state index is 13.3. The van der Waals surface area contributed by atoms with E-state index >= 15 is 0 Å². The van der Waals surface area contributed by atoms with Crippen molar-refractivity contribution in [2.75, 3.05) is 53.0 Å². The van der Waals surface area contributed by atoms with Gasteiger partial charge in [-0.1, -0.05) is 44.8 Å². The number of carbonyl (C=O) groups excluding carboxylic acids is 6. The molecule has 1 spiro atoms. The summed E-state index contributed by atoms with van der Waals surface area (Å²) in [6.07, 6.45) is 7.66. The van der Waals surface area contributed by atoms with E-state index < -0.39 is 41.8 Å². The molecule has 16 heteroatoms. The molecule has 312 valence electrons. The zero-order chi connectivity index (χ0) is 40.6. The second-order valence-electron chi connectivity index (χ2n) is 15.8. The Morgan fingerprint density at radius 2 is 1.64 bits per heavy atom. The van der Waals surface area contributed by atoms with Crippen LogP contribution in [0.4, 0.5) is 4.79 Å². The molecule has 2 heterocycles. The Labute approximate surface area is 325 Å². The van der Waals surface area contributed by atoms with E-state index in [1.54, 1.807) is 7.11 Å². The highest BCUT2D eigenvalue weighted by Crippen LogP contribution is 2.59. The summed E-state index contributed by atoms with van der Waals surface area (Å²) in [6, 6.07) is 0. The number of amides is 2. The minimum absolute atomic E-state index is 0.0218. The quantitative estimate of drug-likeness (QED) is 0.0153. The van der Waals surface area contributed by atoms with Crippen LogP contribution in [0.1, 0.15) is 98.8 Å². The number of methoxy groups -OCH3 is 1. The van der Waals surface area contributed by atoms with Gasteiger partial charge in [-0.15, -0.1) is 0 Å². The van der Waals surface area contributed by atoms with Crippen molar-refractivity contribution in [3.05, 3.63) is 11.6 Å². The van der Waals surface area contributed by atoms with Crippen LogP contribution >= 0.6 is 0 Å². The van der Waals surface area contributed by atoms with E-state index in [9.17, 15) is 28.8 Å². The lowest BCUT2D eigenvalue weighted by Gasteiger charge is -2.42. The fourth-order valence-electron chi connectivity index (χ4n) is 7.33. The zero-order valence-electron chi connectivity index (χ0n) is 33.6. The monoisotopic (exact) mass is 779 g/mol. The van der Waals surface area contributed by atoms with Gasteiger partial charge in [-0.25, -0.2) is 4.79 Å². The van der Waals surface area contributed by atoms with Crippen LogP contribution in [0, 0.1) is 17.8 Å². The lowest BCUT2D eigenvalue weighted by Crippen LogP contribution is -2.55. The fraction of sp³-hybridized carbons (Fsp3) is 0.795. The van der Waals surface area contributed by atoms with Gasteiger partial charge in [-0.3, -0.25) is 35.2 Å². The SMILES string of the molecule is COC1C(OC(=O)C[C@@H](COC(=O)NCCCCCCCC(=O)CNCC(=O)C(=O)CNC(=O)CNN)C(C)C)CC[C@]2(CO2)C1C1(C)O[C@@H]1CC=C(C)C. The first kappa shape index (κ1) is 46.1. The molecule has 6 N–H and O–H groups in total. The summed E-state index contributed by atoms with van der Waals surface area (Å²) in [4.78, 5) is 72.7. The maximum Gasteiger partial charge on any atom is 0.407 e. The van der Waals surface area contributed by atoms with Gasteiger partial charge >= 0.3 is 12.1 Å². The Morgan fingerprint density at radius 3 is 2.29 bits per heavy atom. The van der Waals surface area contributed by atoms with E-state index in [1.807, 2.05) is 13.8 Å². The lowest BCUT2D eigenvalue weighted by molar-refractivity contribution is -0.173. The van der Waals surface area contributed by atoms with Crippen LogP contribution in [0.25, 0.3) is 0 Å².